The molecular weight excluding hydrogens is 166 g/mol. The van der Waals surface area contributed by atoms with Crippen LogP contribution in [-0.2, 0) is 4.74 Å². The molecule has 0 aliphatic carbocycles. The van der Waals surface area contributed by atoms with E-state index in [1.807, 2.05) is 7.05 Å². The van der Waals surface area contributed by atoms with Crippen LogP contribution in [0.5, 0.6) is 0 Å². The van der Waals surface area contributed by atoms with Crippen LogP contribution in [0.2, 0.25) is 0 Å². The summed E-state index contributed by atoms with van der Waals surface area (Å²) in [4.78, 5) is 0. The first-order valence-corrected chi connectivity index (χ1v) is 5.07. The smallest absolute Gasteiger partial charge is 0.0957 e. The van der Waals surface area contributed by atoms with E-state index in [-0.39, 0.29) is 24.4 Å². The second-order valence-corrected chi connectivity index (χ2v) is 4.28. The Bertz CT molecular complexity index is 161. The third-order valence-corrected chi connectivity index (χ3v) is 2.75. The molecule has 1 aliphatic heterocycles. The van der Waals surface area contributed by atoms with E-state index in [1.54, 1.807) is 0 Å². The third-order valence-electron chi connectivity index (χ3n) is 2.75. The van der Waals surface area contributed by atoms with Gasteiger partial charge in [0.05, 0.1) is 18.3 Å². The van der Waals surface area contributed by atoms with Gasteiger partial charge in [-0.2, -0.15) is 0 Å². The van der Waals surface area contributed by atoms with Crippen molar-refractivity contribution < 1.29 is 9.84 Å². The van der Waals surface area contributed by atoms with Crippen LogP contribution in [-0.4, -0.2) is 36.5 Å². The highest BCUT2D eigenvalue weighted by atomic mass is 16.5. The van der Waals surface area contributed by atoms with E-state index in [4.69, 9.17) is 4.74 Å². The van der Waals surface area contributed by atoms with Gasteiger partial charge in [-0.3, -0.25) is 0 Å². The third kappa shape index (κ3) is 2.42. The Morgan fingerprint density at radius 3 is 2.54 bits per heavy atom. The molecule has 0 bridgehead atoms. The van der Waals surface area contributed by atoms with Crippen molar-refractivity contribution in [2.24, 2.45) is 5.92 Å². The van der Waals surface area contributed by atoms with Gasteiger partial charge in [0.15, 0.2) is 0 Å². The maximum atomic E-state index is 9.93. The molecule has 0 amide bonds. The zero-order valence-corrected chi connectivity index (χ0v) is 8.95. The normalized spacial score (nSPS) is 41.1. The van der Waals surface area contributed by atoms with E-state index in [2.05, 4.69) is 26.1 Å². The number of nitrogens with one attached hydrogen (secondary N) is 1. The topological polar surface area (TPSA) is 41.5 Å². The highest BCUT2D eigenvalue weighted by Gasteiger charge is 2.36. The molecule has 3 heteroatoms. The summed E-state index contributed by atoms with van der Waals surface area (Å²) in [6.07, 6.45) is 0.733. The van der Waals surface area contributed by atoms with Crippen molar-refractivity contribution in [3.63, 3.8) is 0 Å². The Morgan fingerprint density at radius 2 is 2.08 bits per heavy atom. The quantitative estimate of drug-likeness (QED) is 0.671. The predicted molar refractivity (Wildman–Crippen MR) is 52.6 cm³/mol. The fourth-order valence-electron chi connectivity index (χ4n) is 1.97. The van der Waals surface area contributed by atoms with Crippen molar-refractivity contribution in [1.29, 1.82) is 0 Å². The highest BCUT2D eigenvalue weighted by Crippen LogP contribution is 2.24. The van der Waals surface area contributed by atoms with E-state index in [9.17, 15) is 5.11 Å². The maximum absolute atomic E-state index is 9.93. The van der Waals surface area contributed by atoms with Crippen LogP contribution in [0.15, 0.2) is 0 Å². The summed E-state index contributed by atoms with van der Waals surface area (Å²) < 4.78 is 5.70. The largest absolute Gasteiger partial charge is 0.389 e. The molecule has 4 atom stereocenters. The molecule has 0 aromatic rings. The summed E-state index contributed by atoms with van der Waals surface area (Å²) in [6, 6.07) is 0.177. The molecule has 0 radical (unpaired) electrons. The minimum absolute atomic E-state index is 0.0267. The molecule has 1 aliphatic rings. The number of ether oxygens (including phenoxy) is 1. The van der Waals surface area contributed by atoms with Gasteiger partial charge < -0.3 is 15.2 Å². The predicted octanol–water partition coefficient (Wildman–Crippen LogP) is 0.769. The molecule has 1 heterocycles. The van der Waals surface area contributed by atoms with Gasteiger partial charge in [-0.15, -0.1) is 0 Å². The Labute approximate surface area is 80.5 Å². The fraction of sp³-hybridized carbons (Fsp3) is 1.00. The van der Waals surface area contributed by atoms with Crippen molar-refractivity contribution in [3.8, 4) is 0 Å². The summed E-state index contributed by atoms with van der Waals surface area (Å²) in [5.41, 5.74) is 0. The molecule has 2 N–H and O–H groups in total. The van der Waals surface area contributed by atoms with Gasteiger partial charge in [0.2, 0.25) is 0 Å². The van der Waals surface area contributed by atoms with Crippen LogP contribution in [0.25, 0.3) is 0 Å². The number of aliphatic hydroxyl groups excluding tert-OH is 1. The standard InChI is InChI=1S/C10H21NO2/c1-6(2)10-9(12)8(11-4)5-7(3)13-10/h6-12H,5H2,1-4H3/t7-,8+,9-,10+/m1/s1. The van der Waals surface area contributed by atoms with Gasteiger partial charge in [-0.25, -0.2) is 0 Å². The van der Waals surface area contributed by atoms with Gasteiger partial charge in [0.1, 0.15) is 0 Å². The molecule has 0 aromatic heterocycles. The maximum Gasteiger partial charge on any atom is 0.0957 e. The van der Waals surface area contributed by atoms with Crippen molar-refractivity contribution in [3.05, 3.63) is 0 Å². The van der Waals surface area contributed by atoms with Crippen molar-refractivity contribution >= 4 is 0 Å². The molecule has 0 spiro atoms. The van der Waals surface area contributed by atoms with Crippen molar-refractivity contribution in [1.82, 2.24) is 5.32 Å². The summed E-state index contributed by atoms with van der Waals surface area (Å²) in [5, 5.41) is 13.1. The summed E-state index contributed by atoms with van der Waals surface area (Å²) in [6.45, 7) is 6.23. The van der Waals surface area contributed by atoms with Crippen LogP contribution >= 0.6 is 0 Å². The van der Waals surface area contributed by atoms with Gasteiger partial charge in [0.25, 0.3) is 0 Å². The fourth-order valence-corrected chi connectivity index (χ4v) is 1.97. The lowest BCUT2D eigenvalue weighted by atomic mass is 9.90. The molecule has 13 heavy (non-hydrogen) atoms. The first-order valence-electron chi connectivity index (χ1n) is 5.07. The van der Waals surface area contributed by atoms with Crippen molar-refractivity contribution in [2.45, 2.75) is 51.5 Å². The number of hydrogen-bond acceptors (Lipinski definition) is 3. The van der Waals surface area contributed by atoms with E-state index in [0.29, 0.717) is 5.92 Å². The zero-order chi connectivity index (χ0) is 10.0. The molecule has 0 unspecified atom stereocenters. The molecule has 1 fully saturated rings. The van der Waals surface area contributed by atoms with E-state index in [0.717, 1.165) is 6.42 Å². The Balaban J connectivity index is 2.63. The van der Waals surface area contributed by atoms with Gasteiger partial charge in [0, 0.05) is 6.04 Å². The zero-order valence-electron chi connectivity index (χ0n) is 8.95. The number of rotatable bonds is 2. The monoisotopic (exact) mass is 187 g/mol. The average molecular weight is 187 g/mol. The average Bonchev–Trinajstić information content (AvgIpc) is 2.08. The first kappa shape index (κ1) is 11.0. The minimum atomic E-state index is -0.374. The summed E-state index contributed by atoms with van der Waals surface area (Å²) >= 11 is 0. The minimum Gasteiger partial charge on any atom is -0.389 e. The van der Waals surface area contributed by atoms with E-state index >= 15 is 0 Å². The molecule has 1 rings (SSSR count). The SMILES string of the molecule is CN[C@H]1C[C@@H](C)O[C@@H](C(C)C)[C@@H]1O. The van der Waals surface area contributed by atoms with Gasteiger partial charge >= 0.3 is 0 Å². The molecular formula is C10H21NO2. The lowest BCUT2D eigenvalue weighted by molar-refractivity contribution is -0.141. The van der Waals surface area contributed by atoms with Gasteiger partial charge in [-0.1, -0.05) is 13.8 Å². The Hall–Kier alpha value is -0.120. The second kappa shape index (κ2) is 4.40. The number of hydrogen-bond donors (Lipinski definition) is 2. The molecule has 0 aromatic carbocycles. The van der Waals surface area contributed by atoms with E-state index in [1.165, 1.54) is 0 Å². The molecule has 78 valence electrons. The van der Waals surface area contributed by atoms with Crippen LogP contribution < -0.4 is 5.32 Å². The van der Waals surface area contributed by atoms with Crippen molar-refractivity contribution in [2.75, 3.05) is 7.05 Å². The number of likely N-dealkylation sites (N-methyl/N-ethyl adjacent to an activating group) is 1. The molecule has 0 saturated carbocycles. The Kier molecular flexibility index (Phi) is 3.71. The first-order chi connectivity index (χ1) is 6.06. The van der Waals surface area contributed by atoms with Gasteiger partial charge in [-0.05, 0) is 26.3 Å². The lowest BCUT2D eigenvalue weighted by Gasteiger charge is -2.40. The lowest BCUT2D eigenvalue weighted by Crippen LogP contribution is -2.54. The Morgan fingerprint density at radius 1 is 1.46 bits per heavy atom. The second-order valence-electron chi connectivity index (χ2n) is 4.28. The van der Waals surface area contributed by atoms with Crippen LogP contribution in [0.1, 0.15) is 27.2 Å². The summed E-state index contributed by atoms with van der Waals surface area (Å²) in [5.74, 6) is 0.369. The number of aliphatic hydroxyl groups is 1. The summed E-state index contributed by atoms with van der Waals surface area (Å²) in [7, 11) is 1.89. The highest BCUT2D eigenvalue weighted by molar-refractivity contribution is 4.89. The molecule has 3 nitrogen and oxygen atoms in total. The van der Waals surface area contributed by atoms with Crippen LogP contribution in [0.3, 0.4) is 0 Å². The molecule has 1 saturated heterocycles. The van der Waals surface area contributed by atoms with E-state index < -0.39 is 0 Å². The van der Waals surface area contributed by atoms with Crippen LogP contribution in [0.4, 0.5) is 0 Å². The van der Waals surface area contributed by atoms with Crippen LogP contribution in [0, 0.1) is 5.92 Å².